The summed E-state index contributed by atoms with van der Waals surface area (Å²) >= 11 is 5.89. The zero-order valence-corrected chi connectivity index (χ0v) is 22.0. The van der Waals surface area contributed by atoms with Gasteiger partial charge in [0, 0.05) is 23.3 Å². The Balaban J connectivity index is 1.68. The molecule has 1 aliphatic rings. The first-order chi connectivity index (χ1) is 17.9. The van der Waals surface area contributed by atoms with Crippen LogP contribution in [0.3, 0.4) is 0 Å². The molecular formula is C29H28N4O3S. The molecular weight excluding hydrogens is 484 g/mol. The average Bonchev–Trinajstić information content (AvgIpc) is 3.43. The highest BCUT2D eigenvalue weighted by Gasteiger charge is 2.43. The lowest BCUT2D eigenvalue weighted by atomic mass is 9.96. The molecule has 5 rings (SSSR count). The summed E-state index contributed by atoms with van der Waals surface area (Å²) in [6.07, 6.45) is 1.80. The van der Waals surface area contributed by atoms with Gasteiger partial charge in [-0.25, -0.2) is 4.79 Å². The maximum Gasteiger partial charge on any atom is 0.337 e. The first kappa shape index (κ1) is 24.5. The van der Waals surface area contributed by atoms with Crippen LogP contribution in [0, 0.1) is 13.8 Å². The van der Waals surface area contributed by atoms with E-state index in [9.17, 15) is 4.79 Å². The Labute approximate surface area is 221 Å². The van der Waals surface area contributed by atoms with Crippen LogP contribution >= 0.6 is 12.2 Å². The van der Waals surface area contributed by atoms with Gasteiger partial charge in [-0.05, 0) is 80.2 Å². The van der Waals surface area contributed by atoms with Crippen molar-refractivity contribution in [1.82, 2.24) is 14.9 Å². The van der Waals surface area contributed by atoms with E-state index in [1.54, 1.807) is 19.4 Å². The van der Waals surface area contributed by atoms with E-state index in [0.29, 0.717) is 10.7 Å². The summed E-state index contributed by atoms with van der Waals surface area (Å²) in [5.41, 5.74) is 6.32. The number of benzene rings is 2. The predicted molar refractivity (Wildman–Crippen MR) is 148 cm³/mol. The maximum absolute atomic E-state index is 12.2. The van der Waals surface area contributed by atoms with Gasteiger partial charge in [0.05, 0.1) is 43.2 Å². The van der Waals surface area contributed by atoms with Crippen molar-refractivity contribution in [1.29, 1.82) is 0 Å². The molecule has 0 unspecified atom stereocenters. The molecule has 8 heteroatoms. The largest absolute Gasteiger partial charge is 0.495 e. The minimum absolute atomic E-state index is 0.186. The minimum Gasteiger partial charge on any atom is -0.495 e. The maximum atomic E-state index is 12.2. The van der Waals surface area contributed by atoms with Gasteiger partial charge in [-0.2, -0.15) is 0 Å². The lowest BCUT2D eigenvalue weighted by Gasteiger charge is -2.29. The molecule has 0 saturated carbocycles. The number of nitrogens with one attached hydrogen (secondary N) is 1. The van der Waals surface area contributed by atoms with Gasteiger partial charge in [0.15, 0.2) is 5.11 Å². The quantitative estimate of drug-likeness (QED) is 0.272. The number of aromatic nitrogens is 2. The van der Waals surface area contributed by atoms with Gasteiger partial charge in [0.2, 0.25) is 0 Å². The number of methoxy groups -OCH3 is 2. The van der Waals surface area contributed by atoms with E-state index in [1.165, 1.54) is 7.11 Å². The molecule has 1 saturated heterocycles. The van der Waals surface area contributed by atoms with Crippen LogP contribution in [0.1, 0.15) is 45.1 Å². The van der Waals surface area contributed by atoms with Crippen molar-refractivity contribution >= 4 is 29.0 Å². The molecule has 2 atom stereocenters. The SMILES string of the molecule is COC(=O)c1cccc(-n2c(C)cc([C@@H]3[C@H](c4ccccn4)NC(=S)N3c3ccccc3OC)c2C)c1. The second-order valence-electron chi connectivity index (χ2n) is 8.87. The highest BCUT2D eigenvalue weighted by atomic mass is 32.1. The van der Waals surface area contributed by atoms with Crippen LogP contribution in [0.4, 0.5) is 5.69 Å². The summed E-state index contributed by atoms with van der Waals surface area (Å²) in [5.74, 6) is 0.366. The normalized spacial score (nSPS) is 17.0. The predicted octanol–water partition coefficient (Wildman–Crippen LogP) is 5.46. The number of carbonyl (C=O) groups is 1. The van der Waals surface area contributed by atoms with Gasteiger partial charge in [0.25, 0.3) is 0 Å². The summed E-state index contributed by atoms with van der Waals surface area (Å²) in [4.78, 5) is 19.0. The number of aryl methyl sites for hydroxylation is 1. The van der Waals surface area contributed by atoms with Crippen molar-refractivity contribution in [2.45, 2.75) is 25.9 Å². The fraction of sp³-hybridized carbons (Fsp3) is 0.207. The molecule has 0 bridgehead atoms. The number of thiocarbonyl (C=S) groups is 1. The number of para-hydroxylation sites is 2. The third kappa shape index (κ3) is 4.34. The molecule has 1 fully saturated rings. The van der Waals surface area contributed by atoms with E-state index in [2.05, 4.69) is 39.7 Å². The third-order valence-corrected chi connectivity index (χ3v) is 7.07. The van der Waals surface area contributed by atoms with Crippen molar-refractivity contribution in [2.24, 2.45) is 0 Å². The monoisotopic (exact) mass is 512 g/mol. The highest BCUT2D eigenvalue weighted by Crippen LogP contribution is 2.46. The van der Waals surface area contributed by atoms with E-state index in [0.717, 1.165) is 39.8 Å². The molecule has 4 aromatic rings. The van der Waals surface area contributed by atoms with E-state index in [-0.39, 0.29) is 18.1 Å². The number of anilines is 1. The van der Waals surface area contributed by atoms with E-state index in [4.69, 9.17) is 21.7 Å². The molecule has 3 heterocycles. The van der Waals surface area contributed by atoms with Crippen molar-refractivity contribution in [3.63, 3.8) is 0 Å². The van der Waals surface area contributed by atoms with Crippen LogP contribution in [-0.2, 0) is 4.74 Å². The number of carbonyl (C=O) groups excluding carboxylic acids is 1. The van der Waals surface area contributed by atoms with Gasteiger partial charge in [-0.1, -0.05) is 24.3 Å². The number of esters is 1. The lowest BCUT2D eigenvalue weighted by molar-refractivity contribution is 0.0600. The molecule has 0 amide bonds. The van der Waals surface area contributed by atoms with Gasteiger partial charge in [-0.3, -0.25) is 4.98 Å². The fourth-order valence-electron chi connectivity index (χ4n) is 5.13. The first-order valence-electron chi connectivity index (χ1n) is 12.0. The van der Waals surface area contributed by atoms with Crippen LogP contribution in [-0.4, -0.2) is 34.9 Å². The Bertz CT molecular complexity index is 1470. The van der Waals surface area contributed by atoms with Crippen molar-refractivity contribution in [2.75, 3.05) is 19.1 Å². The minimum atomic E-state index is -0.368. The highest BCUT2D eigenvalue weighted by molar-refractivity contribution is 7.80. The van der Waals surface area contributed by atoms with E-state index >= 15 is 0 Å². The molecule has 188 valence electrons. The smallest absolute Gasteiger partial charge is 0.337 e. The van der Waals surface area contributed by atoms with Crippen LogP contribution in [0.15, 0.2) is 79.0 Å². The fourth-order valence-corrected chi connectivity index (χ4v) is 5.47. The van der Waals surface area contributed by atoms with Crippen LogP contribution < -0.4 is 15.0 Å². The van der Waals surface area contributed by atoms with Crippen molar-refractivity contribution < 1.29 is 14.3 Å². The Hall–Kier alpha value is -4.17. The summed E-state index contributed by atoms with van der Waals surface area (Å²) in [5, 5.41) is 4.11. The summed E-state index contributed by atoms with van der Waals surface area (Å²) in [6, 6.07) is 23.0. The van der Waals surface area contributed by atoms with Crippen LogP contribution in [0.2, 0.25) is 0 Å². The van der Waals surface area contributed by atoms with Gasteiger partial charge >= 0.3 is 5.97 Å². The molecule has 37 heavy (non-hydrogen) atoms. The topological polar surface area (TPSA) is 68.6 Å². The van der Waals surface area contributed by atoms with Gasteiger partial charge in [0.1, 0.15) is 5.75 Å². The zero-order chi connectivity index (χ0) is 26.1. The van der Waals surface area contributed by atoms with Crippen LogP contribution in [0.5, 0.6) is 5.75 Å². The summed E-state index contributed by atoms with van der Waals surface area (Å²) < 4.78 is 12.8. The molecule has 1 aliphatic heterocycles. The molecule has 0 aliphatic carbocycles. The van der Waals surface area contributed by atoms with Crippen molar-refractivity contribution in [3.8, 4) is 11.4 Å². The van der Waals surface area contributed by atoms with Crippen molar-refractivity contribution in [3.05, 3.63) is 107 Å². The number of rotatable bonds is 6. The number of ether oxygens (including phenoxy) is 2. The number of pyridine rings is 1. The second-order valence-corrected chi connectivity index (χ2v) is 9.26. The van der Waals surface area contributed by atoms with Gasteiger partial charge < -0.3 is 24.3 Å². The second kappa shape index (κ2) is 10.1. The Morgan fingerprint density at radius 1 is 1.00 bits per heavy atom. The van der Waals surface area contributed by atoms with Crippen LogP contribution in [0.25, 0.3) is 5.69 Å². The molecule has 0 radical (unpaired) electrons. The molecule has 0 spiro atoms. The Morgan fingerprint density at radius 2 is 1.78 bits per heavy atom. The lowest BCUT2D eigenvalue weighted by Crippen LogP contribution is -2.30. The number of hydrogen-bond acceptors (Lipinski definition) is 5. The molecule has 2 aromatic heterocycles. The molecule has 1 N–H and O–H groups in total. The molecule has 7 nitrogen and oxygen atoms in total. The molecule has 2 aromatic carbocycles. The number of hydrogen-bond donors (Lipinski definition) is 1. The average molecular weight is 513 g/mol. The standard InChI is InChI=1S/C29H28N4O3S/c1-18-16-22(19(2)32(18)21-11-9-10-20(17-21)28(34)36-4)27-26(23-12-7-8-15-30-23)31-29(37)33(27)24-13-5-6-14-25(24)35-3/h5-17,26-27H,1-4H3,(H,31,37)/t26-,27+/m0/s1. The third-order valence-electron chi connectivity index (χ3n) is 6.76. The Kier molecular flexibility index (Phi) is 6.67. The first-order valence-corrected chi connectivity index (χ1v) is 12.4. The zero-order valence-electron chi connectivity index (χ0n) is 21.1. The number of nitrogens with zero attached hydrogens (tertiary/aromatic N) is 3. The summed E-state index contributed by atoms with van der Waals surface area (Å²) in [7, 11) is 3.05. The van der Waals surface area contributed by atoms with E-state index < -0.39 is 0 Å². The Morgan fingerprint density at radius 3 is 2.51 bits per heavy atom. The van der Waals surface area contributed by atoms with E-state index in [1.807, 2.05) is 60.7 Å². The summed E-state index contributed by atoms with van der Waals surface area (Å²) in [6.45, 7) is 4.15. The van der Waals surface area contributed by atoms with Gasteiger partial charge in [-0.15, -0.1) is 0 Å².